The lowest BCUT2D eigenvalue weighted by atomic mass is 9.98. The van der Waals surface area contributed by atoms with E-state index in [1.54, 1.807) is 20.8 Å². The topological polar surface area (TPSA) is 205 Å². The number of esters is 1. The van der Waals surface area contributed by atoms with Crippen molar-refractivity contribution in [1.29, 1.82) is 0 Å². The third kappa shape index (κ3) is 16.3. The normalized spacial score (nSPS) is 19.0. The van der Waals surface area contributed by atoms with E-state index in [2.05, 4.69) is 9.72 Å². The third-order valence-electron chi connectivity index (χ3n) is 4.86. The maximum Gasteiger partial charge on any atom is 0.479 e. The second-order valence-electron chi connectivity index (χ2n) is 11.5. The molecule has 1 fully saturated rings. The van der Waals surface area contributed by atoms with Crippen molar-refractivity contribution < 1.29 is 60.6 Å². The van der Waals surface area contributed by atoms with Crippen LogP contribution < -0.4 is 11.4 Å². The fourth-order valence-corrected chi connectivity index (χ4v) is 3.67. The molecule has 1 aliphatic heterocycles. The number of rotatable bonds is 12. The van der Waals surface area contributed by atoms with Gasteiger partial charge in [0.1, 0.15) is 12.1 Å². The molecule has 44 heavy (non-hydrogen) atoms. The maximum absolute atomic E-state index is 14.4. The molecule has 1 aromatic rings. The molecule has 1 aliphatic rings. The molecular weight excluding hydrogens is 615 g/mol. The smallest absolute Gasteiger partial charge is 0.479 e. The molecule has 1 saturated heterocycles. The number of aliphatic carboxylic acids is 1. The molecule has 15 nitrogen and oxygen atoms in total. The zero-order valence-corrected chi connectivity index (χ0v) is 27.1. The Morgan fingerprint density at radius 2 is 1.77 bits per heavy atom. The zero-order chi connectivity index (χ0) is 34.4. The standard InChI is InChI=1S/C17H26F2N3O9P.C5H10O.C4H8O2/c1-16(2,3)14(23)27-10-30-32(25,29-9-26-4)28-8-11-7-17(18,19)13(31-11)22-6-5-12(20)21-15(22)24;1-5(2,3)4-6;1-2-3-4(5)6/h5-6,11,13H,7-10H2,1-4H3,(H2,20,21,24);4H,1-3H3;2-3H2,1H3,(H,5,6). The first kappa shape index (κ1) is 41.2. The highest BCUT2D eigenvalue weighted by molar-refractivity contribution is 7.48. The first-order chi connectivity index (χ1) is 20.1. The van der Waals surface area contributed by atoms with Gasteiger partial charge in [-0.1, -0.05) is 27.7 Å². The fraction of sp³-hybridized carbons (Fsp3) is 0.731. The molecule has 3 atom stereocenters. The summed E-state index contributed by atoms with van der Waals surface area (Å²) in [6.45, 7) is 10.3. The van der Waals surface area contributed by atoms with Crippen molar-refractivity contribution >= 4 is 31.9 Å². The molecule has 0 amide bonds. The average Bonchev–Trinajstić information content (AvgIpc) is 3.20. The van der Waals surface area contributed by atoms with Crippen LogP contribution in [0.2, 0.25) is 0 Å². The minimum atomic E-state index is -4.37. The molecule has 0 aliphatic carbocycles. The van der Waals surface area contributed by atoms with Crippen molar-refractivity contribution in [3.05, 3.63) is 22.7 Å². The lowest BCUT2D eigenvalue weighted by molar-refractivity contribution is -0.161. The van der Waals surface area contributed by atoms with Crippen molar-refractivity contribution in [2.45, 2.75) is 86.0 Å². The molecule has 3 unspecified atom stereocenters. The van der Waals surface area contributed by atoms with E-state index in [0.717, 1.165) is 18.9 Å². The van der Waals surface area contributed by atoms with Crippen molar-refractivity contribution in [3.8, 4) is 0 Å². The Labute approximate surface area is 254 Å². The number of halogens is 2. The second kappa shape index (κ2) is 18.2. The average molecular weight is 660 g/mol. The van der Waals surface area contributed by atoms with Crippen LogP contribution in [-0.4, -0.2) is 72.2 Å². The number of carbonyl (C=O) groups is 3. The number of methoxy groups -OCH3 is 1. The van der Waals surface area contributed by atoms with Crippen molar-refractivity contribution in [3.63, 3.8) is 0 Å². The highest BCUT2D eigenvalue weighted by atomic mass is 31.2. The monoisotopic (exact) mass is 659 g/mol. The first-order valence-corrected chi connectivity index (χ1v) is 14.8. The molecule has 0 bridgehead atoms. The van der Waals surface area contributed by atoms with Crippen LogP contribution in [0, 0.1) is 10.8 Å². The Hall–Kier alpha value is -2.82. The molecule has 2 heterocycles. The van der Waals surface area contributed by atoms with Crippen molar-refractivity contribution in [1.82, 2.24) is 9.55 Å². The Balaban J connectivity index is 0.00000130. The molecule has 18 heteroatoms. The summed E-state index contributed by atoms with van der Waals surface area (Å²) in [7, 11) is -3.13. The number of hydrogen-bond donors (Lipinski definition) is 2. The molecule has 1 aromatic heterocycles. The van der Waals surface area contributed by atoms with E-state index in [4.69, 9.17) is 33.9 Å². The fourth-order valence-electron chi connectivity index (χ4n) is 2.68. The Morgan fingerprint density at radius 3 is 2.20 bits per heavy atom. The highest BCUT2D eigenvalue weighted by Gasteiger charge is 2.52. The van der Waals surface area contributed by atoms with Gasteiger partial charge in [-0.15, -0.1) is 0 Å². The molecule has 0 radical (unpaired) electrons. The van der Waals surface area contributed by atoms with E-state index in [1.807, 2.05) is 27.7 Å². The Morgan fingerprint density at radius 1 is 1.20 bits per heavy atom. The van der Waals surface area contributed by atoms with Gasteiger partial charge >= 0.3 is 25.5 Å². The summed E-state index contributed by atoms with van der Waals surface area (Å²) in [5, 5.41) is 7.91. The quantitative estimate of drug-likeness (QED) is 0.140. The number of carbonyl (C=O) groups excluding carboxylic acids is 2. The molecule has 254 valence electrons. The summed E-state index contributed by atoms with van der Waals surface area (Å²) < 4.78 is 71.8. The number of anilines is 1. The lowest BCUT2D eigenvalue weighted by Gasteiger charge is -2.21. The van der Waals surface area contributed by atoms with E-state index in [0.29, 0.717) is 11.0 Å². The highest BCUT2D eigenvalue weighted by Crippen LogP contribution is 2.51. The van der Waals surface area contributed by atoms with Gasteiger partial charge in [0.2, 0.25) is 13.0 Å². The van der Waals surface area contributed by atoms with Crippen LogP contribution in [0.25, 0.3) is 0 Å². The van der Waals surface area contributed by atoms with Gasteiger partial charge < -0.3 is 29.8 Å². The Bertz CT molecular complexity index is 1170. The number of phosphoric acid groups is 1. The molecule has 0 saturated carbocycles. The molecule has 0 spiro atoms. The summed E-state index contributed by atoms with van der Waals surface area (Å²) in [5.41, 5.74) is 3.37. The van der Waals surface area contributed by atoms with Crippen LogP contribution in [-0.2, 0) is 46.7 Å². The number of carboxylic acid groups (broad SMARTS) is 1. The van der Waals surface area contributed by atoms with Gasteiger partial charge in [0.25, 0.3) is 5.92 Å². The summed E-state index contributed by atoms with van der Waals surface area (Å²) in [6, 6.07) is 1.17. The molecule has 2 rings (SSSR count). The van der Waals surface area contributed by atoms with Crippen LogP contribution in [0.5, 0.6) is 0 Å². The van der Waals surface area contributed by atoms with Crippen LogP contribution in [0.3, 0.4) is 0 Å². The van der Waals surface area contributed by atoms with Crippen LogP contribution in [0.4, 0.5) is 14.6 Å². The number of nitrogens with zero attached hydrogens (tertiary/aromatic N) is 2. The number of nitrogens with two attached hydrogens (primary N) is 1. The van der Waals surface area contributed by atoms with E-state index in [-0.39, 0.29) is 11.2 Å². The summed E-state index contributed by atoms with van der Waals surface area (Å²) in [6.07, 6.45) is -1.10. The molecular formula is C26H44F2N3O12P. The van der Waals surface area contributed by atoms with Crippen molar-refractivity contribution in [2.24, 2.45) is 10.8 Å². The third-order valence-corrected chi connectivity index (χ3v) is 6.17. The first-order valence-electron chi connectivity index (χ1n) is 13.4. The van der Waals surface area contributed by atoms with E-state index >= 15 is 0 Å². The number of hydrogen-bond acceptors (Lipinski definition) is 13. The number of aldehydes is 1. The number of ether oxygens (including phenoxy) is 3. The number of carboxylic acids is 1. The van der Waals surface area contributed by atoms with Gasteiger partial charge in [0, 0.05) is 31.6 Å². The predicted octanol–water partition coefficient (Wildman–Crippen LogP) is 4.16. The van der Waals surface area contributed by atoms with Crippen LogP contribution in [0.1, 0.15) is 74.0 Å². The zero-order valence-electron chi connectivity index (χ0n) is 26.2. The summed E-state index contributed by atoms with van der Waals surface area (Å²) in [4.78, 5) is 46.5. The number of alkyl halides is 2. The SMILES string of the molecule is CC(C)(C)C=O.CCCC(=O)O.COCOP(=O)(OCOC(=O)C(C)(C)C)OCC1CC(F)(F)C(n2ccc(N)nc2=O)O1. The number of aromatic nitrogens is 2. The van der Waals surface area contributed by atoms with Gasteiger partial charge in [-0.05, 0) is 33.3 Å². The van der Waals surface area contributed by atoms with E-state index < -0.39 is 75.7 Å². The van der Waals surface area contributed by atoms with Gasteiger partial charge in [-0.3, -0.25) is 23.2 Å². The van der Waals surface area contributed by atoms with E-state index in [9.17, 15) is 32.5 Å². The van der Waals surface area contributed by atoms with Crippen molar-refractivity contribution in [2.75, 3.05) is 33.0 Å². The van der Waals surface area contributed by atoms with Gasteiger partial charge in [0.05, 0.1) is 18.1 Å². The van der Waals surface area contributed by atoms with Gasteiger partial charge in [-0.2, -0.15) is 4.98 Å². The Kier molecular flexibility index (Phi) is 17.1. The lowest BCUT2D eigenvalue weighted by Crippen LogP contribution is -2.35. The van der Waals surface area contributed by atoms with Gasteiger partial charge in [-0.25, -0.2) is 22.7 Å². The maximum atomic E-state index is 14.4. The largest absolute Gasteiger partial charge is 0.481 e. The molecule has 3 N–H and O–H groups in total. The number of phosphoric ester groups is 1. The minimum absolute atomic E-state index is 0.131. The van der Waals surface area contributed by atoms with Crippen LogP contribution >= 0.6 is 7.82 Å². The van der Waals surface area contributed by atoms with Crippen LogP contribution in [0.15, 0.2) is 17.1 Å². The van der Waals surface area contributed by atoms with E-state index in [1.165, 1.54) is 13.2 Å². The molecule has 0 aromatic carbocycles. The van der Waals surface area contributed by atoms with Gasteiger partial charge in [0.15, 0.2) is 6.79 Å². The predicted molar refractivity (Wildman–Crippen MR) is 152 cm³/mol. The second-order valence-corrected chi connectivity index (χ2v) is 13.1. The minimum Gasteiger partial charge on any atom is -0.481 e. The summed E-state index contributed by atoms with van der Waals surface area (Å²) >= 11 is 0. The summed E-state index contributed by atoms with van der Waals surface area (Å²) in [5.74, 6) is -4.94. The number of nitrogen functional groups attached to an aromatic ring is 1.